The van der Waals surface area contributed by atoms with Crippen molar-refractivity contribution in [3.63, 3.8) is 0 Å². The molecule has 0 heterocycles. The standard InChI is InChI=1S/Be.Cu.Ni.H4Si.2H/h;;;1H4;;/q+2;;;;2*-1. The summed E-state index contributed by atoms with van der Waals surface area (Å²) in [6.45, 7) is 0. The molecule has 0 aliphatic rings. The van der Waals surface area contributed by atoms with Crippen molar-refractivity contribution in [1.29, 1.82) is 0 Å². The molecule has 0 atom stereocenters. The maximum atomic E-state index is 0. The summed E-state index contributed by atoms with van der Waals surface area (Å²) in [5, 5.41) is 0. The van der Waals surface area contributed by atoms with Gasteiger partial charge in [0.1, 0.15) is 0 Å². The minimum Gasteiger partial charge on any atom is -1.00 e. The van der Waals surface area contributed by atoms with Gasteiger partial charge in [-0.3, -0.25) is 0 Å². The first-order chi connectivity index (χ1) is 0. The van der Waals surface area contributed by atoms with Crippen molar-refractivity contribution in [2.75, 3.05) is 0 Å². The number of hydrogen-bond acceptors (Lipinski definition) is 0. The van der Waals surface area contributed by atoms with Crippen LogP contribution in [0.3, 0.4) is 0 Å². The van der Waals surface area contributed by atoms with Gasteiger partial charge in [0, 0.05) is 33.6 Å². The van der Waals surface area contributed by atoms with Crippen LogP contribution in [0.4, 0.5) is 0 Å². The molecule has 0 fully saturated rings. The number of hydrogen-bond donors (Lipinski definition) is 0. The smallest absolute Gasteiger partial charge is 1.00 e. The first kappa shape index (κ1) is 53.4. The van der Waals surface area contributed by atoms with Crippen LogP contribution in [0.1, 0.15) is 2.85 Å². The van der Waals surface area contributed by atoms with Gasteiger partial charge in [-0.15, -0.1) is 0 Å². The van der Waals surface area contributed by atoms with Crippen molar-refractivity contribution >= 4 is 21.1 Å². The SMILES string of the molecule is [Be+2].[Cu].[H-].[H-].[Ni].[SiH4]. The quantitative estimate of drug-likeness (QED) is 0.379. The summed E-state index contributed by atoms with van der Waals surface area (Å²) in [6, 6.07) is 0. The van der Waals surface area contributed by atoms with Crippen molar-refractivity contribution < 1.29 is 36.4 Å². The Bertz CT molecular complexity index is 13.5. The molecule has 1 radical (unpaired) electrons. The van der Waals surface area contributed by atoms with E-state index in [0.717, 1.165) is 0 Å². The van der Waals surface area contributed by atoms with Gasteiger partial charge < -0.3 is 2.85 Å². The van der Waals surface area contributed by atoms with E-state index in [-0.39, 0.29) is 57.5 Å². The Hall–Kier alpha value is 1.40. The molecule has 0 aliphatic heterocycles. The monoisotopic (exact) mass is 164 g/mol. The van der Waals surface area contributed by atoms with E-state index in [2.05, 4.69) is 0 Å². The minimum absolute atomic E-state index is 0. The Morgan fingerprint density at radius 3 is 1.25 bits per heavy atom. The molecule has 0 amide bonds. The van der Waals surface area contributed by atoms with Crippen molar-refractivity contribution in [3.8, 4) is 0 Å². The van der Waals surface area contributed by atoms with Crippen LogP contribution in [0.15, 0.2) is 0 Å². The maximum Gasteiger partial charge on any atom is 2.00 e. The van der Waals surface area contributed by atoms with Gasteiger partial charge in [-0.2, -0.15) is 0 Å². The van der Waals surface area contributed by atoms with Gasteiger partial charge in [0.05, 0.1) is 0 Å². The summed E-state index contributed by atoms with van der Waals surface area (Å²) in [4.78, 5) is 0. The van der Waals surface area contributed by atoms with Crippen molar-refractivity contribution in [1.82, 2.24) is 0 Å². The van der Waals surface area contributed by atoms with Crippen LogP contribution >= 0.6 is 0 Å². The third-order valence-corrected chi connectivity index (χ3v) is 0. The average molecular weight is 165 g/mol. The van der Waals surface area contributed by atoms with Crippen LogP contribution in [0.5, 0.6) is 0 Å². The Morgan fingerprint density at radius 1 is 1.25 bits per heavy atom. The second-order valence-corrected chi connectivity index (χ2v) is 0. The van der Waals surface area contributed by atoms with Gasteiger partial charge in [-0.25, -0.2) is 0 Å². The Morgan fingerprint density at radius 2 is 1.25 bits per heavy atom. The van der Waals surface area contributed by atoms with Gasteiger partial charge in [0.15, 0.2) is 0 Å². The van der Waals surface area contributed by atoms with Gasteiger partial charge in [0.25, 0.3) is 0 Å². The van der Waals surface area contributed by atoms with Crippen LogP contribution in [0.25, 0.3) is 0 Å². The zero-order chi connectivity index (χ0) is 0. The topological polar surface area (TPSA) is 0 Å². The molecule has 0 aromatic heterocycles. The summed E-state index contributed by atoms with van der Waals surface area (Å²) in [5.74, 6) is 0. The predicted octanol–water partition coefficient (Wildman–Crippen LogP) is -1.61. The molecule has 0 aliphatic carbocycles. The molecule has 0 aromatic carbocycles. The summed E-state index contributed by atoms with van der Waals surface area (Å²) in [6.07, 6.45) is 0. The molecular weight excluding hydrogens is 159 g/mol. The predicted molar refractivity (Wildman–Crippen MR) is 19.3 cm³/mol. The van der Waals surface area contributed by atoms with Crippen molar-refractivity contribution in [3.05, 3.63) is 0 Å². The van der Waals surface area contributed by atoms with E-state index < -0.39 is 0 Å². The summed E-state index contributed by atoms with van der Waals surface area (Å²) in [5.41, 5.74) is 0. The van der Waals surface area contributed by atoms with Gasteiger partial charge >= 0.3 is 10.1 Å². The number of rotatable bonds is 0. The largest absolute Gasteiger partial charge is 2.00 e. The van der Waals surface area contributed by atoms with E-state index in [4.69, 9.17) is 0 Å². The van der Waals surface area contributed by atoms with Crippen LogP contribution in [0, 0.1) is 0 Å². The normalized spacial score (nSPS) is 0. The molecular formula is H6BeCuNiSi. The van der Waals surface area contributed by atoms with Crippen LogP contribution in [-0.4, -0.2) is 21.1 Å². The zero-order valence-corrected chi connectivity index (χ0v) is 3.25. The fourth-order valence-corrected chi connectivity index (χ4v) is 0. The van der Waals surface area contributed by atoms with Crippen LogP contribution in [0.2, 0.25) is 0 Å². The van der Waals surface area contributed by atoms with E-state index in [1.807, 2.05) is 0 Å². The van der Waals surface area contributed by atoms with Gasteiger partial charge in [-0.1, -0.05) is 0 Å². The molecule has 0 aromatic rings. The summed E-state index contributed by atoms with van der Waals surface area (Å²) in [7, 11) is 0. The molecule has 0 nitrogen and oxygen atoms in total. The molecule has 0 saturated heterocycles. The Kier molecular flexibility index (Phi) is 347. The fourth-order valence-electron chi connectivity index (χ4n) is 0. The molecule has 0 rings (SSSR count). The Balaban J connectivity index is 0. The van der Waals surface area contributed by atoms with Crippen LogP contribution in [-0.2, 0) is 33.6 Å². The molecule has 0 saturated carbocycles. The zero-order valence-electron chi connectivity index (χ0n) is 3.32. The fraction of sp³-hybridized carbons (Fsp3) is 0. The van der Waals surface area contributed by atoms with E-state index in [0.29, 0.717) is 0 Å². The van der Waals surface area contributed by atoms with E-state index in [9.17, 15) is 0 Å². The molecule has 0 spiro atoms. The molecule has 4 heteroatoms. The summed E-state index contributed by atoms with van der Waals surface area (Å²) < 4.78 is 0. The molecule has 4 heavy (non-hydrogen) atoms. The van der Waals surface area contributed by atoms with E-state index in [1.54, 1.807) is 0 Å². The third kappa shape index (κ3) is 10.00. The molecule has 0 unspecified atom stereocenters. The van der Waals surface area contributed by atoms with Gasteiger partial charge in [-0.05, 0) is 11.0 Å². The molecule has 0 bridgehead atoms. The second kappa shape index (κ2) is 26.0. The summed E-state index contributed by atoms with van der Waals surface area (Å²) >= 11 is 0. The minimum atomic E-state index is 0. The van der Waals surface area contributed by atoms with Crippen LogP contribution < -0.4 is 0 Å². The molecule has 33 valence electrons. The van der Waals surface area contributed by atoms with Gasteiger partial charge in [0.2, 0.25) is 0 Å². The maximum absolute atomic E-state index is 0. The Labute approximate surface area is 57.7 Å². The van der Waals surface area contributed by atoms with Crippen molar-refractivity contribution in [2.45, 2.75) is 0 Å². The van der Waals surface area contributed by atoms with E-state index >= 15 is 0 Å². The second-order valence-electron chi connectivity index (χ2n) is 0. The first-order valence-electron chi connectivity index (χ1n) is 0. The van der Waals surface area contributed by atoms with Crippen molar-refractivity contribution in [2.24, 2.45) is 0 Å². The average Bonchev–Trinajstić information content (AvgIpc) is 0. The molecule has 0 N–H and O–H groups in total. The third-order valence-electron chi connectivity index (χ3n) is 0. The van der Waals surface area contributed by atoms with E-state index in [1.165, 1.54) is 0 Å². The first-order valence-corrected chi connectivity index (χ1v) is 0.